The third-order valence-corrected chi connectivity index (χ3v) is 4.27. The van der Waals surface area contributed by atoms with Crippen LogP contribution in [0.1, 0.15) is 0 Å². The molecule has 4 rings (SSSR count). The molecule has 0 bridgehead atoms. The first-order valence-corrected chi connectivity index (χ1v) is 7.71. The maximum atomic E-state index is 14.2. The Morgan fingerprint density at radius 2 is 2.22 bits per heavy atom. The zero-order chi connectivity index (χ0) is 15.8. The molecule has 0 unspecified atom stereocenters. The molecule has 3 aromatic rings. The average molecular weight is 327 g/mol. The molecule has 1 amide bonds. The van der Waals surface area contributed by atoms with Gasteiger partial charge in [-0.05, 0) is 24.3 Å². The fourth-order valence-electron chi connectivity index (χ4n) is 2.33. The average Bonchev–Trinajstić information content (AvgIpc) is 3.05. The second-order valence-electron chi connectivity index (χ2n) is 4.95. The fourth-order valence-corrected chi connectivity index (χ4v) is 3.15. The summed E-state index contributed by atoms with van der Waals surface area (Å²) in [6.07, 6.45) is 3.42. The zero-order valence-corrected chi connectivity index (χ0v) is 12.6. The zero-order valence-electron chi connectivity index (χ0n) is 11.7. The molecular weight excluding hydrogens is 317 g/mol. The molecule has 1 aromatic carbocycles. The van der Waals surface area contributed by atoms with Crippen molar-refractivity contribution in [3.8, 4) is 27.6 Å². The number of anilines is 1. The molecule has 0 fully saturated rings. The highest BCUT2D eigenvalue weighted by Gasteiger charge is 2.21. The highest BCUT2D eigenvalue weighted by atomic mass is 32.1. The summed E-state index contributed by atoms with van der Waals surface area (Å²) in [7, 11) is 0. The van der Waals surface area contributed by atoms with E-state index in [9.17, 15) is 9.18 Å². The van der Waals surface area contributed by atoms with Crippen LogP contribution in [0.4, 0.5) is 10.1 Å². The Morgan fingerprint density at radius 3 is 3.04 bits per heavy atom. The number of hydrogen-bond donors (Lipinski definition) is 1. The number of halogens is 1. The number of rotatable bonds is 2. The maximum Gasteiger partial charge on any atom is 0.262 e. The van der Waals surface area contributed by atoms with Crippen LogP contribution >= 0.6 is 11.3 Å². The minimum absolute atomic E-state index is 0.0658. The molecule has 0 saturated carbocycles. The lowest BCUT2D eigenvalue weighted by Crippen LogP contribution is -2.26. The lowest BCUT2D eigenvalue weighted by atomic mass is 10.1. The Morgan fingerprint density at radius 1 is 1.30 bits per heavy atom. The number of aromatic nitrogens is 2. The van der Waals surface area contributed by atoms with E-state index in [1.54, 1.807) is 18.5 Å². The molecular formula is C16H10FN3O2S. The van der Waals surface area contributed by atoms with E-state index in [0.29, 0.717) is 16.9 Å². The normalized spacial score (nSPS) is 13.2. The predicted octanol–water partition coefficient (Wildman–Crippen LogP) is 3.34. The Hall–Kier alpha value is -2.80. The van der Waals surface area contributed by atoms with Gasteiger partial charge in [0, 0.05) is 28.9 Å². The van der Waals surface area contributed by atoms with Crippen LogP contribution in [0.3, 0.4) is 0 Å². The van der Waals surface area contributed by atoms with Crippen LogP contribution in [0.5, 0.6) is 5.75 Å². The van der Waals surface area contributed by atoms with Crippen molar-refractivity contribution in [3.63, 3.8) is 0 Å². The number of ether oxygens (including phenoxy) is 1. The summed E-state index contributed by atoms with van der Waals surface area (Å²) < 4.78 is 19.3. The molecule has 0 atom stereocenters. The number of fused-ring (bicyclic) bond motifs is 1. The Balaban J connectivity index is 1.74. The minimum Gasteiger partial charge on any atom is -0.478 e. The standard InChI is InChI=1S/C16H10FN3O2S/c17-11-4-10(5-12-15(11)22-7-14(21)19-12)13-8-23-16(20-13)9-2-1-3-18-6-9/h1-6,8H,7H2,(H,19,21). The molecule has 1 N–H and O–H groups in total. The molecule has 114 valence electrons. The SMILES string of the molecule is O=C1COc2c(F)cc(-c3csc(-c4cccnc4)n3)cc2N1. The molecule has 2 aromatic heterocycles. The first-order valence-electron chi connectivity index (χ1n) is 6.83. The van der Waals surface area contributed by atoms with Gasteiger partial charge in [0.1, 0.15) is 5.01 Å². The van der Waals surface area contributed by atoms with E-state index < -0.39 is 5.82 Å². The molecule has 1 aliphatic rings. The van der Waals surface area contributed by atoms with Crippen molar-refractivity contribution in [2.24, 2.45) is 0 Å². The van der Waals surface area contributed by atoms with E-state index in [-0.39, 0.29) is 18.3 Å². The van der Waals surface area contributed by atoms with Gasteiger partial charge in [-0.1, -0.05) is 0 Å². The topological polar surface area (TPSA) is 64.1 Å². The number of hydrogen-bond acceptors (Lipinski definition) is 5. The van der Waals surface area contributed by atoms with Gasteiger partial charge in [0.15, 0.2) is 18.2 Å². The van der Waals surface area contributed by atoms with Gasteiger partial charge in [0.2, 0.25) is 0 Å². The van der Waals surface area contributed by atoms with Gasteiger partial charge >= 0.3 is 0 Å². The van der Waals surface area contributed by atoms with Crippen molar-refractivity contribution in [2.45, 2.75) is 0 Å². The van der Waals surface area contributed by atoms with Crippen LogP contribution in [0.2, 0.25) is 0 Å². The van der Waals surface area contributed by atoms with Crippen LogP contribution in [0, 0.1) is 5.82 Å². The summed E-state index contributed by atoms with van der Waals surface area (Å²) in [4.78, 5) is 20.0. The second kappa shape index (κ2) is 5.44. The molecule has 0 spiro atoms. The highest BCUT2D eigenvalue weighted by molar-refractivity contribution is 7.13. The fraction of sp³-hybridized carbons (Fsp3) is 0.0625. The first kappa shape index (κ1) is 13.8. The number of thiazole rings is 1. The Bertz CT molecular complexity index is 896. The minimum atomic E-state index is -0.520. The second-order valence-corrected chi connectivity index (χ2v) is 5.81. The van der Waals surface area contributed by atoms with Crippen LogP contribution in [0.15, 0.2) is 42.0 Å². The van der Waals surface area contributed by atoms with Gasteiger partial charge in [0.05, 0.1) is 11.4 Å². The van der Waals surface area contributed by atoms with Crippen LogP contribution < -0.4 is 10.1 Å². The van der Waals surface area contributed by atoms with Gasteiger partial charge in [0.25, 0.3) is 5.91 Å². The molecule has 0 radical (unpaired) electrons. The number of carbonyl (C=O) groups excluding carboxylic acids is 1. The van der Waals surface area contributed by atoms with Crippen LogP contribution in [0.25, 0.3) is 21.8 Å². The number of nitrogens with one attached hydrogen (secondary N) is 1. The number of nitrogens with zero attached hydrogens (tertiary/aromatic N) is 2. The highest BCUT2D eigenvalue weighted by Crippen LogP contribution is 2.36. The summed E-state index contributed by atoms with van der Waals surface area (Å²) in [5.41, 5.74) is 2.44. The molecule has 1 aliphatic heterocycles. The van der Waals surface area contributed by atoms with Crippen molar-refractivity contribution in [3.05, 3.63) is 47.9 Å². The van der Waals surface area contributed by atoms with Crippen LogP contribution in [-0.2, 0) is 4.79 Å². The number of amides is 1. The maximum absolute atomic E-state index is 14.2. The molecule has 3 heterocycles. The largest absolute Gasteiger partial charge is 0.478 e. The predicted molar refractivity (Wildman–Crippen MR) is 84.9 cm³/mol. The number of benzene rings is 1. The van der Waals surface area contributed by atoms with E-state index in [2.05, 4.69) is 15.3 Å². The molecule has 23 heavy (non-hydrogen) atoms. The Labute approximate surface area is 134 Å². The monoisotopic (exact) mass is 327 g/mol. The summed E-state index contributed by atoms with van der Waals surface area (Å²) in [5, 5.41) is 5.25. The summed E-state index contributed by atoms with van der Waals surface area (Å²) in [6, 6.07) is 6.77. The molecule has 0 aliphatic carbocycles. The van der Waals surface area contributed by atoms with Crippen molar-refractivity contribution in [1.82, 2.24) is 9.97 Å². The quantitative estimate of drug-likeness (QED) is 0.784. The van der Waals surface area contributed by atoms with Crippen molar-refractivity contribution in [1.29, 1.82) is 0 Å². The molecule has 0 saturated heterocycles. The van der Waals surface area contributed by atoms with E-state index in [1.807, 2.05) is 17.5 Å². The third-order valence-electron chi connectivity index (χ3n) is 3.37. The van der Waals surface area contributed by atoms with E-state index in [4.69, 9.17) is 4.74 Å². The van der Waals surface area contributed by atoms with Crippen molar-refractivity contribution < 1.29 is 13.9 Å². The van der Waals surface area contributed by atoms with Crippen molar-refractivity contribution >= 4 is 22.9 Å². The van der Waals surface area contributed by atoms with Gasteiger partial charge in [-0.25, -0.2) is 9.37 Å². The summed E-state index contributed by atoms with van der Waals surface area (Å²) in [5.74, 6) is -0.757. The van der Waals surface area contributed by atoms with Gasteiger partial charge in [-0.15, -0.1) is 11.3 Å². The Kier molecular flexibility index (Phi) is 3.27. The summed E-state index contributed by atoms with van der Waals surface area (Å²) in [6.45, 7) is -0.175. The lowest BCUT2D eigenvalue weighted by Gasteiger charge is -2.18. The van der Waals surface area contributed by atoms with Crippen LogP contribution in [-0.4, -0.2) is 22.5 Å². The number of carbonyl (C=O) groups is 1. The molecule has 7 heteroatoms. The third kappa shape index (κ3) is 2.55. The van der Waals surface area contributed by atoms with Crippen molar-refractivity contribution in [2.75, 3.05) is 11.9 Å². The summed E-state index contributed by atoms with van der Waals surface area (Å²) >= 11 is 1.45. The van der Waals surface area contributed by atoms with E-state index >= 15 is 0 Å². The van der Waals surface area contributed by atoms with E-state index in [1.165, 1.54) is 17.4 Å². The van der Waals surface area contributed by atoms with Gasteiger partial charge in [-0.2, -0.15) is 0 Å². The molecule has 5 nitrogen and oxygen atoms in total. The smallest absolute Gasteiger partial charge is 0.262 e. The first-order chi connectivity index (χ1) is 11.2. The lowest BCUT2D eigenvalue weighted by molar-refractivity contribution is -0.118. The number of pyridine rings is 1. The van der Waals surface area contributed by atoms with E-state index in [0.717, 1.165) is 10.6 Å². The van der Waals surface area contributed by atoms with Gasteiger partial charge in [-0.3, -0.25) is 9.78 Å². The van der Waals surface area contributed by atoms with Gasteiger partial charge < -0.3 is 10.1 Å².